The third kappa shape index (κ3) is 2.79. The Hall–Kier alpha value is -1.96. The Morgan fingerprint density at radius 1 is 1.25 bits per heavy atom. The van der Waals surface area contributed by atoms with Crippen molar-refractivity contribution in [3.63, 3.8) is 0 Å². The summed E-state index contributed by atoms with van der Waals surface area (Å²) in [5.41, 5.74) is 0. The molecule has 0 aliphatic carbocycles. The van der Waals surface area contributed by atoms with Gasteiger partial charge in [0.25, 0.3) is 0 Å². The minimum absolute atomic E-state index is 0.127. The Kier molecular flexibility index (Phi) is 3.99. The highest BCUT2D eigenvalue weighted by Crippen LogP contribution is 2.30. The number of piperidine rings is 1. The largest absolute Gasteiger partial charge is 0.428 e. The molecule has 1 unspecified atom stereocenters. The van der Waals surface area contributed by atoms with Gasteiger partial charge in [0, 0.05) is 45.1 Å². The van der Waals surface area contributed by atoms with Crippen LogP contribution in [0.25, 0.3) is 0 Å². The lowest BCUT2D eigenvalue weighted by Gasteiger charge is -2.42. The lowest BCUT2D eigenvalue weighted by atomic mass is 9.95. The van der Waals surface area contributed by atoms with E-state index in [9.17, 15) is 9.59 Å². The van der Waals surface area contributed by atoms with E-state index in [4.69, 9.17) is 4.42 Å². The molecule has 8 nitrogen and oxygen atoms in total. The maximum Gasteiger partial charge on any atom is 0.227 e. The van der Waals surface area contributed by atoms with Gasteiger partial charge in [0.15, 0.2) is 0 Å². The van der Waals surface area contributed by atoms with E-state index in [0.29, 0.717) is 38.0 Å². The van der Waals surface area contributed by atoms with Crippen molar-refractivity contribution >= 4 is 11.8 Å². The molecule has 4 rings (SSSR count). The van der Waals surface area contributed by atoms with E-state index in [1.165, 1.54) is 6.39 Å². The summed E-state index contributed by atoms with van der Waals surface area (Å²) in [5, 5.41) is 7.70. The number of aromatic nitrogens is 2. The quantitative estimate of drug-likeness (QED) is 0.771. The third-order valence-corrected chi connectivity index (χ3v) is 5.53. The number of rotatable bonds is 3. The number of hydrogen-bond donors (Lipinski definition) is 0. The van der Waals surface area contributed by atoms with Crippen LogP contribution in [0.5, 0.6) is 0 Å². The van der Waals surface area contributed by atoms with E-state index in [1.54, 1.807) is 0 Å². The molecule has 0 saturated carbocycles. The second-order valence-electron chi connectivity index (χ2n) is 7.20. The number of carbonyl (C=O) groups excluding carboxylic acids is 2. The van der Waals surface area contributed by atoms with Gasteiger partial charge in [0.2, 0.25) is 24.1 Å². The molecule has 3 fully saturated rings. The fourth-order valence-corrected chi connectivity index (χ4v) is 4.08. The van der Waals surface area contributed by atoms with Crippen molar-refractivity contribution in [1.82, 2.24) is 24.9 Å². The van der Waals surface area contributed by atoms with Gasteiger partial charge in [-0.25, -0.2) is 0 Å². The first-order chi connectivity index (χ1) is 11.6. The number of nitrogens with zero attached hydrogens (tertiary/aromatic N) is 5. The van der Waals surface area contributed by atoms with Gasteiger partial charge in [-0.3, -0.25) is 9.59 Å². The number of likely N-dealkylation sites (tertiary alicyclic amines) is 3. The molecule has 0 N–H and O–H groups in total. The number of amides is 2. The summed E-state index contributed by atoms with van der Waals surface area (Å²) >= 11 is 0. The summed E-state index contributed by atoms with van der Waals surface area (Å²) in [5.74, 6) is 0.986. The van der Waals surface area contributed by atoms with Crippen molar-refractivity contribution in [2.45, 2.75) is 31.2 Å². The molecule has 130 valence electrons. The molecule has 2 amide bonds. The van der Waals surface area contributed by atoms with Crippen LogP contribution in [0.15, 0.2) is 10.8 Å². The summed E-state index contributed by atoms with van der Waals surface area (Å²) in [7, 11) is 2.05. The van der Waals surface area contributed by atoms with Crippen LogP contribution < -0.4 is 0 Å². The zero-order chi connectivity index (χ0) is 16.7. The lowest BCUT2D eigenvalue weighted by molar-refractivity contribution is -0.137. The molecule has 8 heteroatoms. The molecule has 3 aliphatic rings. The molecule has 1 aromatic heterocycles. The zero-order valence-corrected chi connectivity index (χ0v) is 13.9. The normalized spacial score (nSPS) is 26.9. The number of carbonyl (C=O) groups is 2. The Bertz CT molecular complexity index is 605. The highest BCUT2D eigenvalue weighted by Gasteiger charge is 2.42. The summed E-state index contributed by atoms with van der Waals surface area (Å²) in [6.07, 6.45) is 3.39. The first-order valence-electron chi connectivity index (χ1n) is 8.64. The second-order valence-corrected chi connectivity index (χ2v) is 7.20. The Labute approximate surface area is 140 Å². The van der Waals surface area contributed by atoms with Crippen molar-refractivity contribution in [1.29, 1.82) is 0 Å². The molecule has 0 aromatic carbocycles. The van der Waals surface area contributed by atoms with E-state index in [-0.39, 0.29) is 23.7 Å². The minimum Gasteiger partial charge on any atom is -0.428 e. The molecule has 0 radical (unpaired) electrons. The van der Waals surface area contributed by atoms with Crippen molar-refractivity contribution in [3.8, 4) is 0 Å². The summed E-state index contributed by atoms with van der Waals surface area (Å²) in [4.78, 5) is 31.0. The molecule has 3 aliphatic heterocycles. The third-order valence-electron chi connectivity index (χ3n) is 5.53. The topological polar surface area (TPSA) is 82.8 Å². The van der Waals surface area contributed by atoms with Crippen LogP contribution in [-0.4, -0.2) is 82.5 Å². The van der Waals surface area contributed by atoms with Gasteiger partial charge >= 0.3 is 0 Å². The smallest absolute Gasteiger partial charge is 0.227 e. The van der Waals surface area contributed by atoms with Crippen LogP contribution in [-0.2, 0) is 9.59 Å². The van der Waals surface area contributed by atoms with Gasteiger partial charge in [-0.05, 0) is 19.9 Å². The van der Waals surface area contributed by atoms with Crippen molar-refractivity contribution in [2.75, 3.05) is 39.8 Å². The standard InChI is InChI=1S/C16H23N5O3/c1-19-8-13(9-19)21-7-12(6-14(21)22)16(23)20-4-2-11(3-5-20)15-18-17-10-24-15/h10-13H,2-9H2,1H3. The number of hydrogen-bond acceptors (Lipinski definition) is 6. The van der Waals surface area contributed by atoms with Crippen LogP contribution in [0, 0.1) is 5.92 Å². The predicted octanol–water partition coefficient (Wildman–Crippen LogP) is -0.0619. The molecule has 0 spiro atoms. The van der Waals surface area contributed by atoms with E-state index in [0.717, 1.165) is 25.9 Å². The average molecular weight is 333 g/mol. The average Bonchev–Trinajstić information content (AvgIpc) is 3.21. The van der Waals surface area contributed by atoms with Crippen LogP contribution >= 0.6 is 0 Å². The van der Waals surface area contributed by atoms with Gasteiger partial charge in [0.1, 0.15) is 0 Å². The maximum absolute atomic E-state index is 12.8. The number of likely N-dealkylation sites (N-methyl/N-ethyl adjacent to an activating group) is 1. The molecular formula is C16H23N5O3. The SMILES string of the molecule is CN1CC(N2CC(C(=O)N3CCC(c4nnco4)CC3)CC2=O)C1. The minimum atomic E-state index is -0.177. The Morgan fingerprint density at radius 3 is 2.62 bits per heavy atom. The van der Waals surface area contributed by atoms with Gasteiger partial charge in [-0.1, -0.05) is 0 Å². The summed E-state index contributed by atoms with van der Waals surface area (Å²) < 4.78 is 5.27. The van der Waals surface area contributed by atoms with Gasteiger partial charge < -0.3 is 19.1 Å². The molecule has 24 heavy (non-hydrogen) atoms. The van der Waals surface area contributed by atoms with Crippen LogP contribution in [0.4, 0.5) is 0 Å². The van der Waals surface area contributed by atoms with Gasteiger partial charge in [-0.15, -0.1) is 10.2 Å². The van der Waals surface area contributed by atoms with Crippen LogP contribution in [0.1, 0.15) is 31.1 Å². The molecular weight excluding hydrogens is 310 g/mol. The molecule has 4 heterocycles. The molecule has 0 bridgehead atoms. The second kappa shape index (κ2) is 6.16. The van der Waals surface area contributed by atoms with E-state index in [1.807, 2.05) is 16.8 Å². The van der Waals surface area contributed by atoms with E-state index < -0.39 is 0 Å². The van der Waals surface area contributed by atoms with E-state index in [2.05, 4.69) is 15.1 Å². The molecule has 1 aromatic rings. The zero-order valence-electron chi connectivity index (χ0n) is 13.9. The Morgan fingerprint density at radius 2 is 2.00 bits per heavy atom. The van der Waals surface area contributed by atoms with E-state index >= 15 is 0 Å². The first-order valence-corrected chi connectivity index (χ1v) is 8.64. The molecule has 1 atom stereocenters. The van der Waals surface area contributed by atoms with Crippen molar-refractivity contribution in [2.24, 2.45) is 5.92 Å². The van der Waals surface area contributed by atoms with Gasteiger partial charge in [-0.2, -0.15) is 0 Å². The van der Waals surface area contributed by atoms with Crippen molar-refractivity contribution < 1.29 is 14.0 Å². The first kappa shape index (κ1) is 15.6. The predicted molar refractivity (Wildman–Crippen MR) is 84.0 cm³/mol. The highest BCUT2D eigenvalue weighted by atomic mass is 16.4. The van der Waals surface area contributed by atoms with Crippen LogP contribution in [0.3, 0.4) is 0 Å². The van der Waals surface area contributed by atoms with Crippen LogP contribution in [0.2, 0.25) is 0 Å². The van der Waals surface area contributed by atoms with Gasteiger partial charge in [0.05, 0.1) is 12.0 Å². The maximum atomic E-state index is 12.8. The summed E-state index contributed by atoms with van der Waals surface area (Å²) in [6, 6.07) is 0.295. The highest BCUT2D eigenvalue weighted by molar-refractivity contribution is 5.89. The fourth-order valence-electron chi connectivity index (χ4n) is 4.08. The van der Waals surface area contributed by atoms with Crippen molar-refractivity contribution in [3.05, 3.63) is 12.3 Å². The molecule has 3 saturated heterocycles. The summed E-state index contributed by atoms with van der Waals surface area (Å²) in [6.45, 7) is 3.82. The lowest BCUT2D eigenvalue weighted by Crippen LogP contribution is -2.58. The monoisotopic (exact) mass is 333 g/mol. The fraction of sp³-hybridized carbons (Fsp3) is 0.750. The Balaban J connectivity index is 1.31.